The van der Waals surface area contributed by atoms with E-state index in [0.717, 1.165) is 0 Å². The molecule has 59 valence electrons. The summed E-state index contributed by atoms with van der Waals surface area (Å²) in [5.41, 5.74) is -7.13. The Hall–Kier alpha value is 3.83. The van der Waals surface area contributed by atoms with Crippen molar-refractivity contribution < 1.29 is 9.06 Å². The Balaban J connectivity index is 0. The maximum absolute atomic E-state index is 10.6. The van der Waals surface area contributed by atoms with Crippen LogP contribution < -0.4 is 0 Å². The first-order valence-corrected chi connectivity index (χ1v) is 19.7. The summed E-state index contributed by atoms with van der Waals surface area (Å²) >= 11 is 0. The minimum atomic E-state index is -7.13. The van der Waals surface area contributed by atoms with Crippen LogP contribution in [0.5, 0.6) is 0 Å². The van der Waals surface area contributed by atoms with E-state index in [1.54, 1.807) is 0 Å². The van der Waals surface area contributed by atoms with Crippen LogP contribution in [0.2, 0.25) is 0 Å². The molecule has 9 heteroatoms. The number of halogens is 6. The van der Waals surface area contributed by atoms with Gasteiger partial charge in [-0.25, -0.2) is 0 Å². The molecule has 0 aliphatic rings. The van der Waals surface area contributed by atoms with Gasteiger partial charge in [-0.05, 0) is 0 Å². The van der Waals surface area contributed by atoms with E-state index in [2.05, 4.69) is 0 Å². The van der Waals surface area contributed by atoms with Gasteiger partial charge in [0.2, 0.25) is 0 Å². The van der Waals surface area contributed by atoms with E-state index in [-0.39, 0.29) is 51.4 Å². The van der Waals surface area contributed by atoms with Crippen molar-refractivity contribution in [1.82, 2.24) is 0 Å². The minimum absolute atomic E-state index is 0. The Kier molecular flexibility index (Phi) is 3.82. The summed E-state index contributed by atoms with van der Waals surface area (Å²) < 4.78 is 10.6. The number of rotatable bonds is 0. The fourth-order valence-electron chi connectivity index (χ4n) is 0. The fourth-order valence-corrected chi connectivity index (χ4v) is 0. The Bertz CT molecular complexity index is 181. The molecule has 0 aromatic carbocycles. The number of hydrogen-bond donors (Lipinski definition) is 0. The molecular weight excluding hydrogens is 460 g/mol. The second-order valence-corrected chi connectivity index (χ2v) is 60.2. The monoisotopic (exact) mass is 459 g/mol. The third kappa shape index (κ3) is 78.0. The fraction of sp³-hybridized carbons (Fsp3) is 0. The summed E-state index contributed by atoms with van der Waals surface area (Å²) in [6, 6.07) is 0. The van der Waals surface area contributed by atoms with Crippen LogP contribution in [0.4, 0.5) is 0 Å². The Morgan fingerprint density at radius 1 is 0.778 bits per heavy atom. The van der Waals surface area contributed by atoms with Crippen molar-refractivity contribution in [3.63, 3.8) is 0 Å². The van der Waals surface area contributed by atoms with Gasteiger partial charge in [0.15, 0.2) is 0 Å². The molecule has 0 aromatic rings. The zero-order valence-corrected chi connectivity index (χ0v) is 9.94. The summed E-state index contributed by atoms with van der Waals surface area (Å²) in [5, 5.41) is 0. The van der Waals surface area contributed by atoms with Crippen LogP contribution in [-0.4, -0.2) is 51.4 Å². The third-order valence-corrected chi connectivity index (χ3v) is 0. The van der Waals surface area contributed by atoms with Gasteiger partial charge in [0.25, 0.3) is 0 Å². The molecule has 0 unspecified atom stereocenters. The average molecular weight is 461 g/mol. The van der Waals surface area contributed by atoms with Crippen molar-refractivity contribution in [2.24, 2.45) is 0 Å². The number of hydrogen-bond acceptors (Lipinski definition) is 1. The predicted molar refractivity (Wildman–Crippen MR) is 43.0 cm³/mol. The molecular formula is HCl6IrKO. The molecule has 0 N–H and O–H groups in total. The molecule has 0 rings (SSSR count). The van der Waals surface area contributed by atoms with Crippen LogP contribution in [0, 0.1) is 0 Å². The van der Waals surface area contributed by atoms with Gasteiger partial charge in [0, 0.05) is 0 Å². The van der Waals surface area contributed by atoms with Gasteiger partial charge in [0.05, 0.1) is 0 Å². The van der Waals surface area contributed by atoms with E-state index in [1.165, 1.54) is 0 Å². The van der Waals surface area contributed by atoms with Crippen LogP contribution in [-0.2, 0) is 9.06 Å². The topological polar surface area (TPSA) is 17.1 Å². The molecule has 0 aliphatic heterocycles. The molecule has 0 bridgehead atoms. The van der Waals surface area contributed by atoms with Crippen molar-refractivity contribution in [3.05, 3.63) is 0 Å². The normalized spacial score (nSPS) is 24.0. The van der Waals surface area contributed by atoms with E-state index in [9.17, 15) is 3.50 Å². The summed E-state index contributed by atoms with van der Waals surface area (Å²) in [4.78, 5) is 0. The van der Waals surface area contributed by atoms with Crippen molar-refractivity contribution in [1.29, 1.82) is 0 Å². The quantitative estimate of drug-likeness (QED) is 0.506. The molecule has 9 heavy (non-hydrogen) atoms. The SMILES string of the molecule is [KH].[O]=[Ir]([Cl])([Cl])([Cl])([Cl])([Cl])[Cl]. The molecule has 0 fully saturated rings. The molecule has 0 spiro atoms. The van der Waals surface area contributed by atoms with Crippen LogP contribution in [0.15, 0.2) is 0 Å². The van der Waals surface area contributed by atoms with Gasteiger partial charge in [-0.1, -0.05) is 0 Å². The van der Waals surface area contributed by atoms with E-state index >= 15 is 0 Å². The Labute approximate surface area is 115 Å². The van der Waals surface area contributed by atoms with Crippen molar-refractivity contribution in [2.75, 3.05) is 0 Å². The molecule has 0 amide bonds. The van der Waals surface area contributed by atoms with Crippen molar-refractivity contribution in [2.45, 2.75) is 0 Å². The summed E-state index contributed by atoms with van der Waals surface area (Å²) in [7, 11) is 28.5. The van der Waals surface area contributed by atoms with Gasteiger partial charge in [-0.2, -0.15) is 0 Å². The molecule has 0 saturated carbocycles. The first kappa shape index (κ1) is 15.3. The van der Waals surface area contributed by atoms with Gasteiger partial charge >= 0.3 is 118 Å². The second-order valence-electron chi connectivity index (χ2n) is 1.02. The van der Waals surface area contributed by atoms with E-state index < -0.39 is 5.56 Å². The van der Waals surface area contributed by atoms with Crippen LogP contribution >= 0.6 is 57.5 Å². The van der Waals surface area contributed by atoms with Gasteiger partial charge < -0.3 is 0 Å². The van der Waals surface area contributed by atoms with E-state index in [4.69, 9.17) is 57.5 Å². The van der Waals surface area contributed by atoms with E-state index in [0.29, 0.717) is 0 Å². The Morgan fingerprint density at radius 2 is 0.778 bits per heavy atom. The second kappa shape index (κ2) is 2.25. The third-order valence-electron chi connectivity index (χ3n) is 0. The summed E-state index contributed by atoms with van der Waals surface area (Å²) in [6.45, 7) is 0. The molecule has 0 atom stereocenters. The van der Waals surface area contributed by atoms with Crippen molar-refractivity contribution in [3.8, 4) is 0 Å². The summed E-state index contributed by atoms with van der Waals surface area (Å²) in [5.74, 6) is 0. The van der Waals surface area contributed by atoms with Crippen LogP contribution in [0.25, 0.3) is 0 Å². The molecule has 1 nitrogen and oxygen atoms in total. The van der Waals surface area contributed by atoms with Crippen LogP contribution in [0.1, 0.15) is 0 Å². The predicted octanol–water partition coefficient (Wildman–Crippen LogP) is 3.37. The standard InChI is InChI=1S/6ClH.Ir.K.O.H/h6*1H;;;;/q;;;;;;+6;;;/p-6. The van der Waals surface area contributed by atoms with Crippen molar-refractivity contribution >= 4 is 109 Å². The first-order chi connectivity index (χ1) is 2.65. The van der Waals surface area contributed by atoms with Gasteiger partial charge in [-0.15, -0.1) is 0 Å². The average Bonchev–Trinajstić information content (AvgIpc) is 0.544. The zero-order valence-electron chi connectivity index (χ0n) is 3.01. The Morgan fingerprint density at radius 3 is 0.778 bits per heavy atom. The molecule has 0 saturated heterocycles. The first-order valence-electron chi connectivity index (χ1n) is 0.892. The van der Waals surface area contributed by atoms with Gasteiger partial charge in [-0.3, -0.25) is 0 Å². The zero-order chi connectivity index (χ0) is 7.38. The maximum atomic E-state index is 10.6. The molecule has 0 aromatic heterocycles. The van der Waals surface area contributed by atoms with E-state index in [1.807, 2.05) is 0 Å². The summed E-state index contributed by atoms with van der Waals surface area (Å²) in [6.07, 6.45) is 0. The molecule has 0 heterocycles. The van der Waals surface area contributed by atoms with Crippen LogP contribution in [0.3, 0.4) is 0 Å². The van der Waals surface area contributed by atoms with Gasteiger partial charge in [0.1, 0.15) is 0 Å². The molecule has 0 radical (unpaired) electrons. The molecule has 0 aliphatic carbocycles.